The number of halogens is 1. The Morgan fingerprint density at radius 1 is 1.00 bits per heavy atom. The number of hydrogen-bond acceptors (Lipinski definition) is 2. The van der Waals surface area contributed by atoms with Crippen LogP contribution in [0.5, 0.6) is 0 Å². The third-order valence-electron chi connectivity index (χ3n) is 5.06. The number of benzene rings is 2. The summed E-state index contributed by atoms with van der Waals surface area (Å²) in [7, 11) is 0. The average molecular weight is 466 g/mol. The third kappa shape index (κ3) is 3.54. The number of nitrogens with one attached hydrogen (secondary N) is 1. The van der Waals surface area contributed by atoms with E-state index in [0.29, 0.717) is 10.8 Å². The molecule has 146 valence electrons. The predicted octanol–water partition coefficient (Wildman–Crippen LogP) is 5.43. The van der Waals surface area contributed by atoms with Gasteiger partial charge in [-0.15, -0.1) is 0 Å². The number of aryl methyl sites for hydroxylation is 2. The number of nitrogens with zero attached hydrogens (tertiary/aromatic N) is 2. The van der Waals surface area contributed by atoms with E-state index in [0.717, 1.165) is 32.8 Å². The third-order valence-corrected chi connectivity index (χ3v) is 6.24. The van der Waals surface area contributed by atoms with Crippen LogP contribution in [0.4, 0.5) is 5.69 Å². The van der Waals surface area contributed by atoms with E-state index >= 15 is 0 Å². The van der Waals surface area contributed by atoms with Crippen LogP contribution in [0.1, 0.15) is 22.5 Å². The molecule has 29 heavy (non-hydrogen) atoms. The Balaban J connectivity index is 1.71. The molecule has 0 bridgehead atoms. The van der Waals surface area contributed by atoms with Crippen LogP contribution in [-0.4, -0.2) is 15.6 Å². The van der Waals surface area contributed by atoms with Gasteiger partial charge in [-0.1, -0.05) is 34.1 Å². The molecule has 1 aromatic heterocycles. The molecule has 1 aliphatic rings. The van der Waals surface area contributed by atoms with Crippen LogP contribution in [0.2, 0.25) is 0 Å². The number of thiocarbonyl (C=S) groups is 1. The Bertz CT molecular complexity index is 1160. The Hall–Kier alpha value is -2.70. The highest BCUT2D eigenvalue weighted by Crippen LogP contribution is 2.27. The Morgan fingerprint density at radius 3 is 2.41 bits per heavy atom. The van der Waals surface area contributed by atoms with Crippen molar-refractivity contribution in [3.63, 3.8) is 0 Å². The molecular formula is C23H20BrN3OS. The summed E-state index contributed by atoms with van der Waals surface area (Å²) in [5.74, 6) is -0.148. The van der Waals surface area contributed by atoms with Gasteiger partial charge in [-0.05, 0) is 86.6 Å². The van der Waals surface area contributed by atoms with Gasteiger partial charge in [-0.2, -0.15) is 0 Å². The zero-order valence-corrected chi connectivity index (χ0v) is 18.8. The lowest BCUT2D eigenvalue weighted by atomic mass is 10.2. The molecule has 0 unspecified atom stereocenters. The number of rotatable bonds is 3. The first-order valence-electron chi connectivity index (χ1n) is 9.24. The Labute approximate surface area is 184 Å². The van der Waals surface area contributed by atoms with Crippen LogP contribution in [0.15, 0.2) is 64.8 Å². The molecule has 2 aromatic carbocycles. The van der Waals surface area contributed by atoms with Gasteiger partial charge in [-0.3, -0.25) is 9.69 Å². The van der Waals surface area contributed by atoms with Crippen molar-refractivity contribution in [3.05, 3.63) is 87.3 Å². The van der Waals surface area contributed by atoms with Gasteiger partial charge < -0.3 is 9.88 Å². The highest BCUT2D eigenvalue weighted by Gasteiger charge is 2.32. The van der Waals surface area contributed by atoms with Crippen LogP contribution in [0, 0.1) is 20.8 Å². The number of para-hydroxylation sites is 1. The van der Waals surface area contributed by atoms with Crippen LogP contribution in [-0.2, 0) is 4.79 Å². The van der Waals surface area contributed by atoms with Gasteiger partial charge >= 0.3 is 0 Å². The van der Waals surface area contributed by atoms with E-state index in [9.17, 15) is 4.79 Å². The molecule has 0 aliphatic carbocycles. The molecule has 3 aromatic rings. The molecule has 2 heterocycles. The molecule has 1 saturated heterocycles. The molecular weight excluding hydrogens is 446 g/mol. The Morgan fingerprint density at radius 2 is 1.72 bits per heavy atom. The fraction of sp³-hybridized carbons (Fsp3) is 0.130. The fourth-order valence-electron chi connectivity index (χ4n) is 3.60. The SMILES string of the molecule is Cc1cc(-n2c(C)cc(/C=C3\NC(=S)N(c4ccccc4)C3=O)c2C)ccc1Br. The zero-order valence-electron chi connectivity index (χ0n) is 16.4. The van der Waals surface area contributed by atoms with Crippen LogP contribution in [0.25, 0.3) is 11.8 Å². The fourth-order valence-corrected chi connectivity index (χ4v) is 4.15. The van der Waals surface area contributed by atoms with Gasteiger partial charge in [0.15, 0.2) is 5.11 Å². The van der Waals surface area contributed by atoms with Crippen molar-refractivity contribution in [1.29, 1.82) is 0 Å². The molecule has 0 spiro atoms. The van der Waals surface area contributed by atoms with E-state index in [2.05, 4.69) is 70.9 Å². The summed E-state index contributed by atoms with van der Waals surface area (Å²) < 4.78 is 3.28. The minimum absolute atomic E-state index is 0.148. The van der Waals surface area contributed by atoms with E-state index in [4.69, 9.17) is 12.2 Å². The van der Waals surface area contributed by atoms with Gasteiger partial charge in [0.1, 0.15) is 5.70 Å². The van der Waals surface area contributed by atoms with Crippen LogP contribution >= 0.6 is 28.1 Å². The van der Waals surface area contributed by atoms with Crippen LogP contribution < -0.4 is 10.2 Å². The van der Waals surface area contributed by atoms with E-state index < -0.39 is 0 Å². The summed E-state index contributed by atoms with van der Waals surface area (Å²) in [6.45, 7) is 6.20. The van der Waals surface area contributed by atoms with Crippen molar-refractivity contribution in [2.45, 2.75) is 20.8 Å². The maximum absolute atomic E-state index is 13.0. The van der Waals surface area contributed by atoms with E-state index in [-0.39, 0.29) is 5.91 Å². The summed E-state index contributed by atoms with van der Waals surface area (Å²) in [5.41, 5.74) is 6.65. The van der Waals surface area contributed by atoms with Crippen molar-refractivity contribution >= 4 is 50.9 Å². The number of anilines is 1. The summed E-state index contributed by atoms with van der Waals surface area (Å²) in [6, 6.07) is 17.8. The molecule has 4 rings (SSSR count). The highest BCUT2D eigenvalue weighted by atomic mass is 79.9. The quantitative estimate of drug-likeness (QED) is 0.413. The lowest BCUT2D eigenvalue weighted by Gasteiger charge is -2.13. The first-order chi connectivity index (χ1) is 13.9. The average Bonchev–Trinajstić information content (AvgIpc) is 3.13. The van der Waals surface area contributed by atoms with Gasteiger partial charge in [0.05, 0.1) is 5.69 Å². The van der Waals surface area contributed by atoms with Crippen molar-refractivity contribution in [2.24, 2.45) is 0 Å². The first-order valence-corrected chi connectivity index (χ1v) is 10.4. The molecule has 4 nitrogen and oxygen atoms in total. The molecule has 6 heteroatoms. The van der Waals surface area contributed by atoms with E-state index in [1.54, 1.807) is 0 Å². The van der Waals surface area contributed by atoms with Gasteiger partial charge in [0.2, 0.25) is 0 Å². The summed E-state index contributed by atoms with van der Waals surface area (Å²) >= 11 is 8.96. The van der Waals surface area contributed by atoms with Crippen molar-refractivity contribution in [1.82, 2.24) is 9.88 Å². The predicted molar refractivity (Wildman–Crippen MR) is 125 cm³/mol. The van der Waals surface area contributed by atoms with E-state index in [1.807, 2.05) is 36.4 Å². The van der Waals surface area contributed by atoms with Crippen LogP contribution in [0.3, 0.4) is 0 Å². The minimum Gasteiger partial charge on any atom is -0.327 e. The largest absolute Gasteiger partial charge is 0.327 e. The summed E-state index contributed by atoms with van der Waals surface area (Å²) in [6.07, 6.45) is 1.88. The molecule has 1 aliphatic heterocycles. The number of amides is 1. The standard InChI is InChI=1S/C23H20BrN3OS/c1-14-11-19(9-10-20(14)24)26-15(2)12-17(16(26)3)13-21-22(28)27(23(29)25-21)18-7-5-4-6-8-18/h4-13H,1-3H3,(H,25,29)/b21-13-. The minimum atomic E-state index is -0.148. The second-order valence-electron chi connectivity index (χ2n) is 7.06. The number of aromatic nitrogens is 1. The van der Waals surface area contributed by atoms with Crippen molar-refractivity contribution in [2.75, 3.05) is 4.90 Å². The molecule has 0 atom stereocenters. The number of carbonyl (C=O) groups is 1. The van der Waals surface area contributed by atoms with E-state index in [1.165, 1.54) is 10.5 Å². The maximum Gasteiger partial charge on any atom is 0.281 e. The monoisotopic (exact) mass is 465 g/mol. The summed E-state index contributed by atoms with van der Waals surface area (Å²) in [4.78, 5) is 14.5. The van der Waals surface area contributed by atoms with Gasteiger partial charge in [0.25, 0.3) is 5.91 Å². The summed E-state index contributed by atoms with van der Waals surface area (Å²) in [5, 5.41) is 3.46. The van der Waals surface area contributed by atoms with Crippen molar-refractivity contribution < 1.29 is 4.79 Å². The lowest BCUT2D eigenvalue weighted by Crippen LogP contribution is -2.30. The molecule has 1 fully saturated rings. The molecule has 0 saturated carbocycles. The zero-order chi connectivity index (χ0) is 20.7. The smallest absolute Gasteiger partial charge is 0.281 e. The normalized spacial score (nSPS) is 15.3. The maximum atomic E-state index is 13.0. The number of hydrogen-bond donors (Lipinski definition) is 1. The topological polar surface area (TPSA) is 37.3 Å². The molecule has 1 amide bonds. The highest BCUT2D eigenvalue weighted by molar-refractivity contribution is 9.10. The number of carbonyl (C=O) groups excluding carboxylic acids is 1. The van der Waals surface area contributed by atoms with Crippen molar-refractivity contribution in [3.8, 4) is 5.69 Å². The second-order valence-corrected chi connectivity index (χ2v) is 8.30. The second kappa shape index (κ2) is 7.61. The molecule has 0 radical (unpaired) electrons. The van der Waals surface area contributed by atoms with Gasteiger partial charge in [-0.25, -0.2) is 0 Å². The first kappa shape index (κ1) is 19.6. The Kier molecular flexibility index (Phi) is 5.15. The van der Waals surface area contributed by atoms with Gasteiger partial charge in [0, 0.05) is 21.5 Å². The lowest BCUT2D eigenvalue weighted by molar-refractivity contribution is -0.113. The molecule has 1 N–H and O–H groups in total.